The molecule has 1 aromatic heterocycles. The second-order valence-corrected chi connectivity index (χ2v) is 7.03. The average molecular weight is 419 g/mol. The molecule has 2 N–H and O–H groups in total. The summed E-state index contributed by atoms with van der Waals surface area (Å²) in [5.41, 5.74) is 1.58. The van der Waals surface area contributed by atoms with Crippen molar-refractivity contribution in [1.29, 1.82) is 0 Å². The lowest BCUT2D eigenvalue weighted by molar-refractivity contribution is -0.113. The topological polar surface area (TPSA) is 80.0 Å². The number of nitrogens with one attached hydrogen (secondary N) is 1. The van der Waals surface area contributed by atoms with Crippen LogP contribution in [-0.4, -0.2) is 31.5 Å². The highest BCUT2D eigenvalue weighted by molar-refractivity contribution is 9.10. The number of hydrogen-bond donors (Lipinski definition) is 2. The first-order valence-electron chi connectivity index (χ1n) is 7.40. The van der Waals surface area contributed by atoms with E-state index in [9.17, 15) is 9.90 Å². The van der Waals surface area contributed by atoms with Crippen LogP contribution in [0.1, 0.15) is 0 Å². The van der Waals surface area contributed by atoms with Gasteiger partial charge in [-0.25, -0.2) is 0 Å². The van der Waals surface area contributed by atoms with Crippen LogP contribution in [0.4, 0.5) is 5.69 Å². The van der Waals surface area contributed by atoms with E-state index in [4.69, 9.17) is 0 Å². The number of aromatic hydroxyl groups is 1. The first-order valence-corrected chi connectivity index (χ1v) is 9.18. The number of carbonyl (C=O) groups excluding carboxylic acids is 1. The van der Waals surface area contributed by atoms with Crippen LogP contribution in [0.3, 0.4) is 0 Å². The van der Waals surface area contributed by atoms with E-state index in [0.717, 1.165) is 15.7 Å². The van der Waals surface area contributed by atoms with E-state index in [0.29, 0.717) is 11.0 Å². The molecule has 0 atom stereocenters. The van der Waals surface area contributed by atoms with Gasteiger partial charge in [0, 0.05) is 17.1 Å². The number of carbonyl (C=O) groups is 1. The molecule has 0 radical (unpaired) electrons. The minimum Gasteiger partial charge on any atom is -0.508 e. The number of phenols is 1. The van der Waals surface area contributed by atoms with Gasteiger partial charge in [-0.2, -0.15) is 0 Å². The third-order valence-corrected chi connectivity index (χ3v) is 5.15. The van der Waals surface area contributed by atoms with Gasteiger partial charge in [0.2, 0.25) is 5.91 Å². The largest absolute Gasteiger partial charge is 0.508 e. The Kier molecular flexibility index (Phi) is 5.40. The van der Waals surface area contributed by atoms with E-state index in [1.165, 1.54) is 11.8 Å². The van der Waals surface area contributed by atoms with Crippen molar-refractivity contribution < 1.29 is 9.90 Å². The van der Waals surface area contributed by atoms with Gasteiger partial charge < -0.3 is 15.0 Å². The standard InChI is InChI=1S/C17H15BrN4O2S/c1-22-16(11-6-8-12(23)9-7-11)20-21-17(22)25-10-15(24)19-14-5-3-2-4-13(14)18/h2-9,23H,10H2,1H3,(H,19,24). The highest BCUT2D eigenvalue weighted by Gasteiger charge is 2.13. The van der Waals surface area contributed by atoms with Gasteiger partial charge in [0.1, 0.15) is 5.75 Å². The molecule has 6 nitrogen and oxygen atoms in total. The van der Waals surface area contributed by atoms with Crippen LogP contribution in [0.5, 0.6) is 5.75 Å². The number of nitrogens with zero attached hydrogens (tertiary/aromatic N) is 3. The molecule has 0 aliphatic heterocycles. The average Bonchev–Trinajstić information content (AvgIpc) is 2.97. The van der Waals surface area contributed by atoms with Crippen LogP contribution >= 0.6 is 27.7 Å². The number of anilines is 1. The molecule has 0 spiro atoms. The summed E-state index contributed by atoms with van der Waals surface area (Å²) < 4.78 is 2.66. The Hall–Kier alpha value is -2.32. The van der Waals surface area contributed by atoms with Crippen molar-refractivity contribution in [2.45, 2.75) is 5.16 Å². The molecule has 0 aliphatic rings. The first kappa shape index (κ1) is 17.5. The van der Waals surface area contributed by atoms with Crippen LogP contribution in [-0.2, 0) is 11.8 Å². The van der Waals surface area contributed by atoms with Crippen LogP contribution in [0.25, 0.3) is 11.4 Å². The maximum atomic E-state index is 12.1. The van der Waals surface area contributed by atoms with Crippen molar-refractivity contribution in [2.24, 2.45) is 7.05 Å². The SMILES string of the molecule is Cn1c(SCC(=O)Nc2ccccc2Br)nnc1-c1ccc(O)cc1. The molecule has 0 bridgehead atoms. The molecule has 2 aromatic carbocycles. The number of rotatable bonds is 5. The van der Waals surface area contributed by atoms with Crippen molar-refractivity contribution in [1.82, 2.24) is 14.8 Å². The predicted octanol–water partition coefficient (Wildman–Crippen LogP) is 3.68. The molecule has 0 unspecified atom stereocenters. The van der Waals surface area contributed by atoms with Crippen molar-refractivity contribution in [3.05, 3.63) is 53.0 Å². The summed E-state index contributed by atoms with van der Waals surface area (Å²) >= 11 is 4.71. The number of aromatic nitrogens is 3. The maximum Gasteiger partial charge on any atom is 0.234 e. The molecule has 3 aromatic rings. The van der Waals surface area contributed by atoms with Crippen molar-refractivity contribution in [3.8, 4) is 17.1 Å². The fourth-order valence-electron chi connectivity index (χ4n) is 2.18. The Balaban J connectivity index is 1.65. The Morgan fingerprint density at radius 1 is 1.20 bits per heavy atom. The second kappa shape index (κ2) is 7.71. The number of benzene rings is 2. The Labute approximate surface area is 157 Å². The van der Waals surface area contributed by atoms with Crippen LogP contribution in [0, 0.1) is 0 Å². The van der Waals surface area contributed by atoms with E-state index in [2.05, 4.69) is 31.4 Å². The Morgan fingerprint density at radius 3 is 2.64 bits per heavy atom. The van der Waals surface area contributed by atoms with E-state index >= 15 is 0 Å². The van der Waals surface area contributed by atoms with Crippen molar-refractivity contribution in [3.63, 3.8) is 0 Å². The predicted molar refractivity (Wildman–Crippen MR) is 102 cm³/mol. The quantitative estimate of drug-likeness (QED) is 0.617. The maximum absolute atomic E-state index is 12.1. The van der Waals surface area contributed by atoms with Gasteiger partial charge in [-0.15, -0.1) is 10.2 Å². The van der Waals surface area contributed by atoms with Crippen LogP contribution < -0.4 is 5.32 Å². The summed E-state index contributed by atoms with van der Waals surface area (Å²) in [6.45, 7) is 0. The number of phenolic OH excluding ortho intramolecular Hbond substituents is 1. The van der Waals surface area contributed by atoms with E-state index in [1.54, 1.807) is 24.3 Å². The molecule has 0 saturated carbocycles. The van der Waals surface area contributed by atoms with Gasteiger partial charge in [0.25, 0.3) is 0 Å². The summed E-state index contributed by atoms with van der Waals surface area (Å²) in [7, 11) is 1.84. The van der Waals surface area contributed by atoms with Crippen molar-refractivity contribution >= 4 is 39.3 Å². The molecule has 0 fully saturated rings. The molecule has 1 heterocycles. The van der Waals surface area contributed by atoms with E-state index < -0.39 is 0 Å². The zero-order valence-corrected chi connectivity index (χ0v) is 15.7. The van der Waals surface area contributed by atoms with Gasteiger partial charge in [-0.1, -0.05) is 23.9 Å². The number of hydrogen-bond acceptors (Lipinski definition) is 5. The Bertz CT molecular complexity index is 896. The lowest BCUT2D eigenvalue weighted by Gasteiger charge is -2.07. The fraction of sp³-hybridized carbons (Fsp3) is 0.118. The third kappa shape index (κ3) is 4.21. The first-order chi connectivity index (χ1) is 12.0. The summed E-state index contributed by atoms with van der Waals surface area (Å²) in [6.07, 6.45) is 0. The minimum atomic E-state index is -0.119. The lowest BCUT2D eigenvalue weighted by Crippen LogP contribution is -2.14. The van der Waals surface area contributed by atoms with Crippen LogP contribution in [0.2, 0.25) is 0 Å². The molecular formula is C17H15BrN4O2S. The number of amides is 1. The summed E-state index contributed by atoms with van der Waals surface area (Å²) in [5.74, 6) is 0.979. The molecule has 0 saturated heterocycles. The van der Waals surface area contributed by atoms with E-state index in [-0.39, 0.29) is 17.4 Å². The molecule has 1 amide bonds. The zero-order chi connectivity index (χ0) is 17.8. The number of halogens is 1. The van der Waals surface area contributed by atoms with E-state index in [1.807, 2.05) is 35.9 Å². The molecule has 0 aliphatic carbocycles. The minimum absolute atomic E-state index is 0.119. The highest BCUT2D eigenvalue weighted by atomic mass is 79.9. The summed E-state index contributed by atoms with van der Waals surface area (Å²) in [6, 6.07) is 14.2. The fourth-order valence-corrected chi connectivity index (χ4v) is 3.28. The summed E-state index contributed by atoms with van der Waals surface area (Å²) in [4.78, 5) is 12.1. The second-order valence-electron chi connectivity index (χ2n) is 5.23. The molecule has 25 heavy (non-hydrogen) atoms. The molecule has 8 heteroatoms. The van der Waals surface area contributed by atoms with Gasteiger partial charge in [-0.3, -0.25) is 4.79 Å². The smallest absolute Gasteiger partial charge is 0.234 e. The Morgan fingerprint density at radius 2 is 1.92 bits per heavy atom. The molecular weight excluding hydrogens is 404 g/mol. The normalized spacial score (nSPS) is 10.6. The van der Waals surface area contributed by atoms with Gasteiger partial charge in [0.05, 0.1) is 11.4 Å². The highest BCUT2D eigenvalue weighted by Crippen LogP contribution is 2.25. The third-order valence-electron chi connectivity index (χ3n) is 3.44. The monoisotopic (exact) mass is 418 g/mol. The van der Waals surface area contributed by atoms with Gasteiger partial charge in [-0.05, 0) is 52.3 Å². The van der Waals surface area contributed by atoms with Crippen LogP contribution in [0.15, 0.2) is 58.2 Å². The number of thioether (sulfide) groups is 1. The lowest BCUT2D eigenvalue weighted by atomic mass is 10.2. The van der Waals surface area contributed by atoms with Gasteiger partial charge in [0.15, 0.2) is 11.0 Å². The molecule has 3 rings (SSSR count). The zero-order valence-electron chi connectivity index (χ0n) is 13.3. The number of para-hydroxylation sites is 1. The van der Waals surface area contributed by atoms with Gasteiger partial charge >= 0.3 is 0 Å². The molecule has 128 valence electrons. The van der Waals surface area contributed by atoms with Crippen molar-refractivity contribution in [2.75, 3.05) is 11.1 Å². The summed E-state index contributed by atoms with van der Waals surface area (Å²) in [5, 5.41) is 21.2.